The maximum atomic E-state index is 12.1. The molecule has 0 aliphatic heterocycles. The number of anilines is 1. The zero-order chi connectivity index (χ0) is 15.0. The Morgan fingerprint density at radius 2 is 1.90 bits per heavy atom. The first kappa shape index (κ1) is 16.0. The van der Waals surface area contributed by atoms with Gasteiger partial charge < -0.3 is 21.5 Å². The van der Waals surface area contributed by atoms with E-state index in [1.807, 2.05) is 19.1 Å². The van der Waals surface area contributed by atoms with Crippen molar-refractivity contribution in [1.29, 1.82) is 0 Å². The highest BCUT2D eigenvalue weighted by Crippen LogP contribution is 2.10. The number of carbonyl (C=O) groups excluding carboxylic acids is 1. The molecule has 0 spiro atoms. The fourth-order valence-corrected chi connectivity index (χ4v) is 1.78. The van der Waals surface area contributed by atoms with Gasteiger partial charge in [-0.1, -0.05) is 17.7 Å². The van der Waals surface area contributed by atoms with Gasteiger partial charge in [-0.2, -0.15) is 0 Å². The summed E-state index contributed by atoms with van der Waals surface area (Å²) in [6.07, 6.45) is 0.682. The molecule has 0 heterocycles. The second-order valence-corrected chi connectivity index (χ2v) is 4.64. The summed E-state index contributed by atoms with van der Waals surface area (Å²) >= 11 is 0. The molecule has 1 atom stereocenters. The number of hydrogen-bond donors (Lipinski definition) is 4. The Balaban J connectivity index is 2.61. The lowest BCUT2D eigenvalue weighted by molar-refractivity contribution is -0.118. The largest absolute Gasteiger partial charge is 0.465 e. The fourth-order valence-electron chi connectivity index (χ4n) is 1.78. The maximum absolute atomic E-state index is 12.1. The lowest BCUT2D eigenvalue weighted by atomic mass is 10.1. The number of nitrogens with two attached hydrogens (primary N) is 1. The van der Waals surface area contributed by atoms with Gasteiger partial charge in [-0.15, -0.1) is 0 Å². The fraction of sp³-hybridized carbons (Fsp3) is 0.429. The number of amides is 2. The lowest BCUT2D eigenvalue weighted by Gasteiger charge is -2.16. The normalized spacial score (nSPS) is 11.7. The summed E-state index contributed by atoms with van der Waals surface area (Å²) in [4.78, 5) is 22.8. The highest BCUT2D eigenvalue weighted by atomic mass is 16.4. The van der Waals surface area contributed by atoms with Crippen molar-refractivity contribution in [3.63, 3.8) is 0 Å². The smallest absolute Gasteiger partial charge is 0.405 e. The van der Waals surface area contributed by atoms with Crippen LogP contribution >= 0.6 is 0 Å². The first-order valence-corrected chi connectivity index (χ1v) is 6.60. The van der Waals surface area contributed by atoms with Gasteiger partial charge >= 0.3 is 6.09 Å². The van der Waals surface area contributed by atoms with Crippen LogP contribution in [0, 0.1) is 6.92 Å². The Bertz CT molecular complexity index is 445. The van der Waals surface area contributed by atoms with Gasteiger partial charge in [0, 0.05) is 5.69 Å². The minimum absolute atomic E-state index is 0.353. The van der Waals surface area contributed by atoms with Crippen LogP contribution in [0.15, 0.2) is 24.3 Å². The Morgan fingerprint density at radius 1 is 1.25 bits per heavy atom. The first-order chi connectivity index (χ1) is 9.52. The van der Waals surface area contributed by atoms with Gasteiger partial charge in [0.05, 0.1) is 0 Å². The topological polar surface area (TPSA) is 104 Å². The molecule has 0 saturated carbocycles. The Hall–Kier alpha value is -2.08. The molecule has 0 aliphatic rings. The van der Waals surface area contributed by atoms with E-state index in [0.717, 1.165) is 12.0 Å². The van der Waals surface area contributed by atoms with E-state index in [1.165, 1.54) is 0 Å². The van der Waals surface area contributed by atoms with Crippen molar-refractivity contribution in [2.75, 3.05) is 11.9 Å². The van der Waals surface area contributed by atoms with Gasteiger partial charge in [-0.25, -0.2) is 4.79 Å². The molecule has 2 amide bonds. The number of unbranched alkanes of at least 4 members (excludes halogenated alkanes) is 1. The molecular formula is C14H21N3O3. The average Bonchev–Trinajstić information content (AvgIpc) is 2.40. The summed E-state index contributed by atoms with van der Waals surface area (Å²) in [5.41, 5.74) is 7.13. The van der Waals surface area contributed by atoms with Crippen LogP contribution in [0.5, 0.6) is 0 Å². The van der Waals surface area contributed by atoms with Crippen molar-refractivity contribution < 1.29 is 14.7 Å². The number of hydrogen-bond acceptors (Lipinski definition) is 3. The Kier molecular flexibility index (Phi) is 6.52. The van der Waals surface area contributed by atoms with Crippen molar-refractivity contribution in [3.05, 3.63) is 29.8 Å². The number of carbonyl (C=O) groups is 2. The van der Waals surface area contributed by atoms with Gasteiger partial charge in [0.1, 0.15) is 6.04 Å². The average molecular weight is 279 g/mol. The molecule has 0 saturated heterocycles. The molecule has 6 nitrogen and oxygen atoms in total. The van der Waals surface area contributed by atoms with Crippen molar-refractivity contribution in [1.82, 2.24) is 5.32 Å². The van der Waals surface area contributed by atoms with Gasteiger partial charge in [-0.05, 0) is 44.9 Å². The molecule has 1 aromatic carbocycles. The maximum Gasteiger partial charge on any atom is 0.405 e. The second-order valence-electron chi connectivity index (χ2n) is 4.64. The number of benzene rings is 1. The third-order valence-electron chi connectivity index (χ3n) is 2.88. The summed E-state index contributed by atoms with van der Waals surface area (Å²) in [6, 6.07) is 6.56. The molecule has 1 rings (SSSR count). The highest BCUT2D eigenvalue weighted by Gasteiger charge is 2.20. The molecule has 0 radical (unpaired) electrons. The van der Waals surface area contributed by atoms with Crippen LogP contribution in [0.25, 0.3) is 0 Å². The van der Waals surface area contributed by atoms with Crippen molar-refractivity contribution in [3.8, 4) is 0 Å². The molecule has 6 heteroatoms. The summed E-state index contributed by atoms with van der Waals surface area (Å²) in [7, 11) is 0. The van der Waals surface area contributed by atoms with Gasteiger partial charge in [0.25, 0.3) is 0 Å². The minimum atomic E-state index is -1.21. The van der Waals surface area contributed by atoms with Gasteiger partial charge in [0.2, 0.25) is 5.91 Å². The quantitative estimate of drug-likeness (QED) is 0.570. The number of aryl methyl sites for hydroxylation is 1. The molecular weight excluding hydrogens is 258 g/mol. The van der Waals surface area contributed by atoms with Crippen molar-refractivity contribution in [2.24, 2.45) is 5.73 Å². The monoisotopic (exact) mass is 279 g/mol. The van der Waals surface area contributed by atoms with E-state index in [4.69, 9.17) is 10.8 Å². The summed E-state index contributed by atoms with van der Waals surface area (Å²) < 4.78 is 0. The van der Waals surface area contributed by atoms with Gasteiger partial charge in [0.15, 0.2) is 0 Å². The molecule has 1 aromatic rings. The SMILES string of the molecule is Cc1ccc(NC(=O)[C@@H](CCCCN)NC(=O)O)cc1. The highest BCUT2D eigenvalue weighted by molar-refractivity contribution is 5.96. The molecule has 0 fully saturated rings. The predicted octanol–water partition coefficient (Wildman–Crippen LogP) is 1.70. The van der Waals surface area contributed by atoms with Crippen LogP contribution < -0.4 is 16.4 Å². The third-order valence-corrected chi connectivity index (χ3v) is 2.88. The zero-order valence-electron chi connectivity index (χ0n) is 11.6. The van der Waals surface area contributed by atoms with Crippen LogP contribution in [-0.2, 0) is 4.79 Å². The van der Waals surface area contributed by atoms with E-state index in [-0.39, 0.29) is 5.91 Å². The van der Waals surface area contributed by atoms with Crippen LogP contribution in [0.2, 0.25) is 0 Å². The van der Waals surface area contributed by atoms with E-state index in [1.54, 1.807) is 12.1 Å². The molecule has 0 aromatic heterocycles. The zero-order valence-corrected chi connectivity index (χ0v) is 11.6. The van der Waals surface area contributed by atoms with Crippen molar-refractivity contribution in [2.45, 2.75) is 32.2 Å². The third kappa shape index (κ3) is 5.71. The minimum Gasteiger partial charge on any atom is -0.465 e. The van der Waals surface area contributed by atoms with E-state index in [0.29, 0.717) is 25.1 Å². The van der Waals surface area contributed by atoms with Crippen LogP contribution in [0.1, 0.15) is 24.8 Å². The summed E-state index contributed by atoms with van der Waals surface area (Å²) in [5, 5.41) is 13.7. The van der Waals surface area contributed by atoms with Crippen molar-refractivity contribution >= 4 is 17.7 Å². The number of carboxylic acid groups (broad SMARTS) is 1. The van der Waals surface area contributed by atoms with E-state index >= 15 is 0 Å². The summed E-state index contributed by atoms with van der Waals surface area (Å²) in [5.74, 6) is -0.353. The molecule has 0 aliphatic carbocycles. The number of rotatable bonds is 7. The molecule has 0 bridgehead atoms. The first-order valence-electron chi connectivity index (χ1n) is 6.60. The van der Waals surface area contributed by atoms with Gasteiger partial charge in [-0.3, -0.25) is 4.79 Å². The molecule has 5 N–H and O–H groups in total. The lowest BCUT2D eigenvalue weighted by Crippen LogP contribution is -2.43. The van der Waals surface area contributed by atoms with E-state index in [9.17, 15) is 9.59 Å². The molecule has 110 valence electrons. The Labute approximate surface area is 118 Å². The molecule has 0 unspecified atom stereocenters. The standard InChI is InChI=1S/C14H21N3O3/c1-10-5-7-11(8-6-10)16-13(18)12(17-14(19)20)4-2-3-9-15/h5-8,12,17H,2-4,9,15H2,1H3,(H,16,18)(H,19,20)/t12-/m1/s1. The second kappa shape index (κ2) is 8.16. The van der Waals surface area contributed by atoms with Crippen LogP contribution in [-0.4, -0.2) is 29.7 Å². The predicted molar refractivity (Wildman–Crippen MR) is 77.7 cm³/mol. The Morgan fingerprint density at radius 3 is 2.45 bits per heavy atom. The number of nitrogens with one attached hydrogen (secondary N) is 2. The van der Waals surface area contributed by atoms with Crippen LogP contribution in [0.3, 0.4) is 0 Å². The van der Waals surface area contributed by atoms with Crippen LogP contribution in [0.4, 0.5) is 10.5 Å². The summed E-state index contributed by atoms with van der Waals surface area (Å²) in [6.45, 7) is 2.48. The van der Waals surface area contributed by atoms with E-state index < -0.39 is 12.1 Å². The molecule has 20 heavy (non-hydrogen) atoms. The van der Waals surface area contributed by atoms with E-state index in [2.05, 4.69) is 10.6 Å².